The molecule has 3 rings (SSSR count). The number of carbonyl (C=O) groups is 1. The van der Waals surface area contributed by atoms with Crippen molar-refractivity contribution in [1.82, 2.24) is 0 Å². The lowest BCUT2D eigenvalue weighted by Gasteiger charge is -2.37. The van der Waals surface area contributed by atoms with Gasteiger partial charge in [-0.2, -0.15) is 5.26 Å². The molecule has 114 valence electrons. The van der Waals surface area contributed by atoms with Gasteiger partial charge in [-0.15, -0.1) is 0 Å². The third-order valence-corrected chi connectivity index (χ3v) is 4.80. The number of Topliss-reactive ketones (excluding diaryl/α,β-unsaturated/α-hetero) is 1. The van der Waals surface area contributed by atoms with Gasteiger partial charge < -0.3 is 4.90 Å². The van der Waals surface area contributed by atoms with E-state index in [1.54, 1.807) is 0 Å². The normalized spacial score (nSPS) is 24.5. The highest BCUT2D eigenvalue weighted by Crippen LogP contribution is 2.37. The van der Waals surface area contributed by atoms with Gasteiger partial charge in [0.1, 0.15) is 5.78 Å². The van der Waals surface area contributed by atoms with E-state index in [-0.39, 0.29) is 5.41 Å². The molecule has 0 radical (unpaired) electrons. The summed E-state index contributed by atoms with van der Waals surface area (Å²) in [5.41, 5.74) is 3.15. The van der Waals surface area contributed by atoms with Crippen LogP contribution in [0.25, 0.3) is 0 Å². The molecule has 2 aliphatic rings. The summed E-state index contributed by atoms with van der Waals surface area (Å²) in [6, 6.07) is 8.19. The van der Waals surface area contributed by atoms with E-state index in [1.807, 2.05) is 12.1 Å². The summed E-state index contributed by atoms with van der Waals surface area (Å²) >= 11 is 0. The smallest absolute Gasteiger partial charge is 0.133 e. The van der Waals surface area contributed by atoms with Crippen LogP contribution in [-0.2, 0) is 11.2 Å². The molecule has 3 heteroatoms. The van der Waals surface area contributed by atoms with Crippen molar-refractivity contribution < 1.29 is 4.79 Å². The van der Waals surface area contributed by atoms with E-state index in [9.17, 15) is 10.1 Å². The monoisotopic (exact) mass is 294 g/mol. The molecule has 1 fully saturated rings. The van der Waals surface area contributed by atoms with Crippen molar-refractivity contribution >= 4 is 11.5 Å². The number of hydrogen-bond donors (Lipinski definition) is 0. The molecule has 22 heavy (non-hydrogen) atoms. The summed E-state index contributed by atoms with van der Waals surface area (Å²) in [4.78, 5) is 14.1. The first kappa shape index (κ1) is 14.8. The van der Waals surface area contributed by atoms with Gasteiger partial charge in [0.25, 0.3) is 0 Å². The standard InChI is InChI=1S/C19H22N2O/c1-19(9-4-6-17(22)12-19)14-21-10-3-2-5-16-8-7-15(13-20)11-18(16)21/h3,7-8,10-11H,2,4-6,9,12,14H2,1H3/t19-/m0/s1. The van der Waals surface area contributed by atoms with E-state index < -0.39 is 0 Å². The first-order valence-corrected chi connectivity index (χ1v) is 8.08. The topological polar surface area (TPSA) is 44.1 Å². The Morgan fingerprint density at radius 1 is 1.36 bits per heavy atom. The van der Waals surface area contributed by atoms with Crippen LogP contribution in [0.5, 0.6) is 0 Å². The van der Waals surface area contributed by atoms with Gasteiger partial charge in [0, 0.05) is 31.3 Å². The number of hydrogen-bond acceptors (Lipinski definition) is 3. The summed E-state index contributed by atoms with van der Waals surface area (Å²) in [6.45, 7) is 3.06. The molecular formula is C19H22N2O. The molecular weight excluding hydrogens is 272 g/mol. The van der Waals surface area contributed by atoms with Crippen LogP contribution in [0.15, 0.2) is 30.5 Å². The van der Waals surface area contributed by atoms with Crippen molar-refractivity contribution in [3.63, 3.8) is 0 Å². The average molecular weight is 294 g/mol. The molecule has 1 aliphatic heterocycles. The van der Waals surface area contributed by atoms with Crippen LogP contribution in [0, 0.1) is 16.7 Å². The van der Waals surface area contributed by atoms with Gasteiger partial charge in [0.15, 0.2) is 0 Å². The lowest BCUT2D eigenvalue weighted by Crippen LogP contribution is -2.37. The molecule has 0 saturated heterocycles. The number of benzene rings is 1. The Morgan fingerprint density at radius 2 is 2.23 bits per heavy atom. The maximum atomic E-state index is 11.9. The molecule has 0 unspecified atom stereocenters. The van der Waals surface area contributed by atoms with Gasteiger partial charge in [-0.1, -0.05) is 19.1 Å². The zero-order chi connectivity index (χ0) is 15.6. The zero-order valence-electron chi connectivity index (χ0n) is 13.1. The molecule has 1 aliphatic carbocycles. The highest BCUT2D eigenvalue weighted by Gasteiger charge is 2.33. The Labute approximate surface area is 132 Å². The highest BCUT2D eigenvalue weighted by atomic mass is 16.1. The Hall–Kier alpha value is -2.08. The van der Waals surface area contributed by atoms with E-state index in [1.165, 1.54) is 5.56 Å². The van der Waals surface area contributed by atoms with Crippen molar-refractivity contribution in [2.75, 3.05) is 11.4 Å². The number of carbonyl (C=O) groups excluding carboxylic acids is 1. The minimum atomic E-state index is 0.0317. The van der Waals surface area contributed by atoms with E-state index in [4.69, 9.17) is 0 Å². The number of nitrogens with zero attached hydrogens (tertiary/aromatic N) is 2. The first-order valence-electron chi connectivity index (χ1n) is 8.08. The number of ketones is 1. The van der Waals surface area contributed by atoms with Crippen LogP contribution in [0.3, 0.4) is 0 Å². The van der Waals surface area contributed by atoms with Gasteiger partial charge in [0.05, 0.1) is 11.6 Å². The van der Waals surface area contributed by atoms with Crippen molar-refractivity contribution in [1.29, 1.82) is 5.26 Å². The van der Waals surface area contributed by atoms with Crippen LogP contribution in [0.2, 0.25) is 0 Å². The van der Waals surface area contributed by atoms with Crippen LogP contribution in [0.1, 0.15) is 50.2 Å². The second-order valence-electron chi connectivity index (χ2n) is 6.89. The van der Waals surface area contributed by atoms with Crippen LogP contribution in [-0.4, -0.2) is 12.3 Å². The lowest BCUT2D eigenvalue weighted by atomic mass is 9.74. The van der Waals surface area contributed by atoms with Crippen LogP contribution < -0.4 is 4.90 Å². The molecule has 3 nitrogen and oxygen atoms in total. The molecule has 0 spiro atoms. The Kier molecular flexibility index (Phi) is 4.02. The van der Waals surface area contributed by atoms with Crippen molar-refractivity contribution in [3.8, 4) is 6.07 Å². The maximum absolute atomic E-state index is 11.9. The Bertz CT molecular complexity index is 656. The van der Waals surface area contributed by atoms with E-state index in [2.05, 4.69) is 36.2 Å². The lowest BCUT2D eigenvalue weighted by molar-refractivity contribution is -0.123. The quantitative estimate of drug-likeness (QED) is 0.829. The number of fused-ring (bicyclic) bond motifs is 1. The van der Waals surface area contributed by atoms with Gasteiger partial charge in [-0.25, -0.2) is 0 Å². The van der Waals surface area contributed by atoms with Crippen molar-refractivity contribution in [2.24, 2.45) is 5.41 Å². The van der Waals surface area contributed by atoms with Crippen LogP contribution >= 0.6 is 0 Å². The number of nitriles is 1. The fraction of sp³-hybridized carbons (Fsp3) is 0.474. The molecule has 0 bridgehead atoms. The minimum absolute atomic E-state index is 0.0317. The van der Waals surface area contributed by atoms with E-state index >= 15 is 0 Å². The van der Waals surface area contributed by atoms with E-state index in [0.29, 0.717) is 17.8 Å². The minimum Gasteiger partial charge on any atom is -0.347 e. The third-order valence-electron chi connectivity index (χ3n) is 4.80. The fourth-order valence-corrected chi connectivity index (χ4v) is 3.68. The molecule has 0 amide bonds. The second-order valence-corrected chi connectivity index (χ2v) is 6.89. The van der Waals surface area contributed by atoms with Gasteiger partial charge in [-0.05, 0) is 48.8 Å². The fourth-order valence-electron chi connectivity index (χ4n) is 3.68. The molecule has 0 aromatic heterocycles. The third kappa shape index (κ3) is 3.06. The highest BCUT2D eigenvalue weighted by molar-refractivity contribution is 5.80. The summed E-state index contributed by atoms with van der Waals surface area (Å²) in [7, 11) is 0. The summed E-state index contributed by atoms with van der Waals surface area (Å²) < 4.78 is 0. The average Bonchev–Trinajstić information content (AvgIpc) is 2.68. The molecule has 1 heterocycles. The second kappa shape index (κ2) is 5.96. The number of rotatable bonds is 2. The Balaban J connectivity index is 1.90. The number of aryl methyl sites for hydroxylation is 1. The maximum Gasteiger partial charge on any atom is 0.133 e. The van der Waals surface area contributed by atoms with Gasteiger partial charge in [-0.3, -0.25) is 4.79 Å². The largest absolute Gasteiger partial charge is 0.347 e. The molecule has 0 N–H and O–H groups in total. The molecule has 1 aromatic rings. The molecule has 1 atom stereocenters. The van der Waals surface area contributed by atoms with Crippen LogP contribution in [0.4, 0.5) is 5.69 Å². The SMILES string of the molecule is C[C@]1(CN2C=CCCc3ccc(C#N)cc32)CCCC(=O)C1. The van der Waals surface area contributed by atoms with Crippen molar-refractivity contribution in [2.45, 2.75) is 45.4 Å². The molecule has 1 saturated carbocycles. The predicted molar refractivity (Wildman–Crippen MR) is 87.5 cm³/mol. The number of anilines is 1. The summed E-state index contributed by atoms with van der Waals surface area (Å²) in [5, 5.41) is 9.17. The van der Waals surface area contributed by atoms with E-state index in [0.717, 1.165) is 44.3 Å². The van der Waals surface area contributed by atoms with Gasteiger partial charge >= 0.3 is 0 Å². The summed E-state index contributed by atoms with van der Waals surface area (Å²) in [5.74, 6) is 0.388. The Morgan fingerprint density at radius 3 is 3.00 bits per heavy atom. The first-order chi connectivity index (χ1) is 10.6. The predicted octanol–water partition coefficient (Wildman–Crippen LogP) is 3.97. The van der Waals surface area contributed by atoms with Gasteiger partial charge in [0.2, 0.25) is 0 Å². The summed E-state index contributed by atoms with van der Waals surface area (Å²) in [6.07, 6.45) is 9.85. The molecule has 1 aromatic carbocycles. The van der Waals surface area contributed by atoms with Crippen molar-refractivity contribution in [3.05, 3.63) is 41.6 Å². The number of allylic oxidation sites excluding steroid dienone is 1. The zero-order valence-corrected chi connectivity index (χ0v) is 13.1.